The zero-order valence-corrected chi connectivity index (χ0v) is 11.5. The van der Waals surface area contributed by atoms with Crippen LogP contribution in [0.25, 0.3) is 0 Å². The summed E-state index contributed by atoms with van der Waals surface area (Å²) in [5, 5.41) is 6.19. The molecule has 2 rings (SSSR count). The summed E-state index contributed by atoms with van der Waals surface area (Å²) in [6.45, 7) is 2.21. The van der Waals surface area contributed by atoms with Crippen molar-refractivity contribution in [1.29, 1.82) is 0 Å². The average Bonchev–Trinajstić information content (AvgIpc) is 2.47. The van der Waals surface area contributed by atoms with Crippen LogP contribution in [0.1, 0.15) is 25.3 Å². The molecule has 2 aromatic rings. The molecule has 2 N–H and O–H groups in total. The maximum atomic E-state index is 4.33. The largest absolute Gasteiger partial charge is 0.357 e. The van der Waals surface area contributed by atoms with Crippen molar-refractivity contribution in [3.05, 3.63) is 42.1 Å². The van der Waals surface area contributed by atoms with E-state index in [-0.39, 0.29) is 0 Å². The van der Waals surface area contributed by atoms with Crippen molar-refractivity contribution >= 4 is 17.5 Å². The SMILES string of the molecule is CCCCc1ccc(Nc2ccnc(NC)n2)cc1. The summed E-state index contributed by atoms with van der Waals surface area (Å²) in [5.41, 5.74) is 2.42. The average molecular weight is 256 g/mol. The lowest BCUT2D eigenvalue weighted by Gasteiger charge is -2.07. The number of nitrogens with zero attached hydrogens (tertiary/aromatic N) is 2. The first-order valence-electron chi connectivity index (χ1n) is 6.68. The van der Waals surface area contributed by atoms with Crippen LogP contribution in [0.15, 0.2) is 36.5 Å². The van der Waals surface area contributed by atoms with Crippen molar-refractivity contribution in [2.45, 2.75) is 26.2 Å². The predicted octanol–water partition coefficient (Wildman–Crippen LogP) is 3.60. The van der Waals surface area contributed by atoms with Crippen molar-refractivity contribution in [2.24, 2.45) is 0 Å². The molecular formula is C15H20N4. The number of nitrogens with one attached hydrogen (secondary N) is 2. The van der Waals surface area contributed by atoms with Crippen molar-refractivity contribution in [2.75, 3.05) is 17.7 Å². The third kappa shape index (κ3) is 3.95. The van der Waals surface area contributed by atoms with Crippen LogP contribution >= 0.6 is 0 Å². The molecule has 0 amide bonds. The minimum absolute atomic E-state index is 0.615. The minimum atomic E-state index is 0.615. The first-order valence-corrected chi connectivity index (χ1v) is 6.68. The molecule has 0 aliphatic rings. The molecule has 0 unspecified atom stereocenters. The van der Waals surface area contributed by atoms with E-state index in [4.69, 9.17) is 0 Å². The first kappa shape index (κ1) is 13.3. The van der Waals surface area contributed by atoms with Crippen LogP contribution in [0, 0.1) is 0 Å². The van der Waals surface area contributed by atoms with E-state index >= 15 is 0 Å². The molecule has 0 aliphatic heterocycles. The summed E-state index contributed by atoms with van der Waals surface area (Å²) in [5.74, 6) is 1.41. The lowest BCUT2D eigenvalue weighted by molar-refractivity contribution is 0.795. The number of aromatic nitrogens is 2. The second-order valence-corrected chi connectivity index (χ2v) is 4.44. The fourth-order valence-electron chi connectivity index (χ4n) is 1.83. The van der Waals surface area contributed by atoms with E-state index in [9.17, 15) is 0 Å². The van der Waals surface area contributed by atoms with E-state index in [1.807, 2.05) is 13.1 Å². The van der Waals surface area contributed by atoms with E-state index in [0.717, 1.165) is 17.9 Å². The van der Waals surface area contributed by atoms with E-state index in [1.165, 1.54) is 18.4 Å². The lowest BCUT2D eigenvalue weighted by atomic mass is 10.1. The Labute approximate surface area is 114 Å². The summed E-state index contributed by atoms with van der Waals surface area (Å²) in [7, 11) is 1.81. The van der Waals surface area contributed by atoms with Crippen LogP contribution in [0.2, 0.25) is 0 Å². The molecule has 0 fully saturated rings. The zero-order chi connectivity index (χ0) is 13.5. The Balaban J connectivity index is 2.02. The molecule has 0 saturated heterocycles. The Bertz CT molecular complexity index is 508. The lowest BCUT2D eigenvalue weighted by Crippen LogP contribution is -1.99. The van der Waals surface area contributed by atoms with Gasteiger partial charge in [-0.05, 0) is 36.6 Å². The van der Waals surface area contributed by atoms with Gasteiger partial charge < -0.3 is 10.6 Å². The van der Waals surface area contributed by atoms with Crippen LogP contribution in [0.3, 0.4) is 0 Å². The van der Waals surface area contributed by atoms with Crippen LogP contribution < -0.4 is 10.6 Å². The Morgan fingerprint density at radius 2 is 1.89 bits per heavy atom. The molecule has 0 radical (unpaired) electrons. The van der Waals surface area contributed by atoms with Gasteiger partial charge >= 0.3 is 0 Å². The molecular weight excluding hydrogens is 236 g/mol. The molecule has 0 aliphatic carbocycles. The van der Waals surface area contributed by atoms with Gasteiger partial charge in [0.15, 0.2) is 0 Å². The number of benzene rings is 1. The molecule has 0 saturated carbocycles. The second kappa shape index (κ2) is 6.73. The summed E-state index contributed by atoms with van der Waals surface area (Å²) in [4.78, 5) is 8.41. The molecule has 100 valence electrons. The number of unbranched alkanes of at least 4 members (excludes halogenated alkanes) is 1. The number of anilines is 3. The monoisotopic (exact) mass is 256 g/mol. The molecule has 4 nitrogen and oxygen atoms in total. The van der Waals surface area contributed by atoms with Gasteiger partial charge in [0.05, 0.1) is 0 Å². The Morgan fingerprint density at radius 1 is 1.11 bits per heavy atom. The van der Waals surface area contributed by atoms with Crippen LogP contribution in [0.5, 0.6) is 0 Å². The highest BCUT2D eigenvalue weighted by Gasteiger charge is 1.99. The van der Waals surface area contributed by atoms with Gasteiger partial charge in [0.25, 0.3) is 0 Å². The Kier molecular flexibility index (Phi) is 4.72. The highest BCUT2D eigenvalue weighted by molar-refractivity contribution is 5.57. The zero-order valence-electron chi connectivity index (χ0n) is 11.5. The van der Waals surface area contributed by atoms with Gasteiger partial charge in [-0.3, -0.25) is 0 Å². The van der Waals surface area contributed by atoms with Crippen molar-refractivity contribution < 1.29 is 0 Å². The van der Waals surface area contributed by atoms with E-state index in [0.29, 0.717) is 5.95 Å². The highest BCUT2D eigenvalue weighted by atomic mass is 15.1. The van der Waals surface area contributed by atoms with Crippen LogP contribution in [-0.4, -0.2) is 17.0 Å². The third-order valence-electron chi connectivity index (χ3n) is 2.92. The Hall–Kier alpha value is -2.10. The number of hydrogen-bond donors (Lipinski definition) is 2. The summed E-state index contributed by atoms with van der Waals surface area (Å²) in [6.07, 6.45) is 5.35. The van der Waals surface area contributed by atoms with Crippen LogP contribution in [0.4, 0.5) is 17.5 Å². The van der Waals surface area contributed by atoms with Crippen molar-refractivity contribution in [1.82, 2.24) is 9.97 Å². The normalized spacial score (nSPS) is 10.2. The number of rotatable bonds is 6. The molecule has 0 atom stereocenters. The fourth-order valence-corrected chi connectivity index (χ4v) is 1.83. The van der Waals surface area contributed by atoms with Gasteiger partial charge in [0.1, 0.15) is 5.82 Å². The summed E-state index contributed by atoms with van der Waals surface area (Å²) >= 11 is 0. The van der Waals surface area contributed by atoms with E-state index in [1.54, 1.807) is 6.20 Å². The standard InChI is InChI=1S/C15H20N4/c1-3-4-5-12-6-8-13(9-7-12)18-14-10-11-17-15(16-2)19-14/h6-11H,3-5H2,1-2H3,(H2,16,17,18,19). The Morgan fingerprint density at radius 3 is 2.58 bits per heavy atom. The van der Waals surface area contributed by atoms with Gasteiger partial charge in [-0.2, -0.15) is 4.98 Å². The molecule has 19 heavy (non-hydrogen) atoms. The highest BCUT2D eigenvalue weighted by Crippen LogP contribution is 2.16. The van der Waals surface area contributed by atoms with Gasteiger partial charge in [-0.1, -0.05) is 25.5 Å². The first-order chi connectivity index (χ1) is 9.31. The maximum Gasteiger partial charge on any atom is 0.224 e. The topological polar surface area (TPSA) is 49.8 Å². The molecule has 0 bridgehead atoms. The van der Waals surface area contributed by atoms with Gasteiger partial charge in [-0.15, -0.1) is 0 Å². The predicted molar refractivity (Wildman–Crippen MR) is 79.9 cm³/mol. The van der Waals surface area contributed by atoms with E-state index < -0.39 is 0 Å². The summed E-state index contributed by atoms with van der Waals surface area (Å²) in [6, 6.07) is 10.4. The van der Waals surface area contributed by atoms with Gasteiger partial charge in [-0.25, -0.2) is 4.98 Å². The number of hydrogen-bond acceptors (Lipinski definition) is 4. The molecule has 0 spiro atoms. The second-order valence-electron chi connectivity index (χ2n) is 4.44. The molecule has 1 aromatic carbocycles. The maximum absolute atomic E-state index is 4.33. The quantitative estimate of drug-likeness (QED) is 0.829. The van der Waals surface area contributed by atoms with E-state index in [2.05, 4.69) is 51.8 Å². The smallest absolute Gasteiger partial charge is 0.224 e. The van der Waals surface area contributed by atoms with Gasteiger partial charge in [0.2, 0.25) is 5.95 Å². The molecule has 1 heterocycles. The van der Waals surface area contributed by atoms with Gasteiger partial charge in [0, 0.05) is 18.9 Å². The molecule has 4 heteroatoms. The minimum Gasteiger partial charge on any atom is -0.357 e. The number of aryl methyl sites for hydroxylation is 1. The molecule has 1 aromatic heterocycles. The van der Waals surface area contributed by atoms with Crippen molar-refractivity contribution in [3.63, 3.8) is 0 Å². The third-order valence-corrected chi connectivity index (χ3v) is 2.92. The van der Waals surface area contributed by atoms with Crippen LogP contribution in [-0.2, 0) is 6.42 Å². The summed E-state index contributed by atoms with van der Waals surface area (Å²) < 4.78 is 0. The van der Waals surface area contributed by atoms with Crippen molar-refractivity contribution in [3.8, 4) is 0 Å². The fraction of sp³-hybridized carbons (Fsp3) is 0.333.